The van der Waals surface area contributed by atoms with E-state index in [1.54, 1.807) is 12.3 Å². The van der Waals surface area contributed by atoms with Gasteiger partial charge in [0.25, 0.3) is 5.91 Å². The quantitative estimate of drug-likeness (QED) is 0.876. The molecule has 0 aliphatic carbocycles. The van der Waals surface area contributed by atoms with E-state index < -0.39 is 0 Å². The Labute approximate surface area is 148 Å². The van der Waals surface area contributed by atoms with E-state index in [0.717, 1.165) is 31.6 Å². The Balaban J connectivity index is 1.83. The number of nitrogens with one attached hydrogen (secondary N) is 1. The molecule has 132 valence electrons. The molecule has 0 radical (unpaired) electrons. The molecular weight excluding hydrogens is 316 g/mol. The molecule has 1 N–H and O–H groups in total. The molecule has 1 amide bonds. The number of hydrogen-bond donors (Lipinski definition) is 1. The van der Waals surface area contributed by atoms with Crippen molar-refractivity contribution in [1.82, 2.24) is 10.3 Å². The van der Waals surface area contributed by atoms with Crippen LogP contribution in [-0.2, 0) is 4.74 Å². The summed E-state index contributed by atoms with van der Waals surface area (Å²) in [6, 6.07) is 11.2. The largest absolute Gasteiger partial charge is 0.493 e. The predicted molar refractivity (Wildman–Crippen MR) is 95.6 cm³/mol. The maximum Gasteiger partial charge on any atom is 0.255 e. The molecule has 1 fully saturated rings. The molecule has 0 spiro atoms. The summed E-state index contributed by atoms with van der Waals surface area (Å²) in [7, 11) is 0. The minimum Gasteiger partial charge on any atom is -0.493 e. The lowest BCUT2D eigenvalue weighted by Crippen LogP contribution is -2.36. The van der Waals surface area contributed by atoms with Crippen LogP contribution in [-0.4, -0.2) is 30.7 Å². The van der Waals surface area contributed by atoms with Crippen LogP contribution in [0.4, 0.5) is 0 Å². The van der Waals surface area contributed by atoms with Crippen LogP contribution in [0.5, 0.6) is 5.75 Å². The second-order valence-corrected chi connectivity index (χ2v) is 6.12. The third-order valence-electron chi connectivity index (χ3n) is 4.50. The summed E-state index contributed by atoms with van der Waals surface area (Å²) in [5, 5.41) is 3.20. The predicted octanol–water partition coefficient (Wildman–Crippen LogP) is 3.38. The van der Waals surface area contributed by atoms with Crippen LogP contribution >= 0.6 is 0 Å². The maximum atomic E-state index is 12.9. The summed E-state index contributed by atoms with van der Waals surface area (Å²) in [5.74, 6) is 0.824. The highest BCUT2D eigenvalue weighted by Crippen LogP contribution is 2.30. The van der Waals surface area contributed by atoms with Crippen LogP contribution in [0.1, 0.15) is 41.7 Å². The van der Waals surface area contributed by atoms with Crippen LogP contribution in [0.15, 0.2) is 48.8 Å². The van der Waals surface area contributed by atoms with E-state index in [4.69, 9.17) is 9.47 Å². The number of benzene rings is 1. The van der Waals surface area contributed by atoms with Crippen molar-refractivity contribution in [3.63, 3.8) is 0 Å². The van der Waals surface area contributed by atoms with Crippen LogP contribution < -0.4 is 10.1 Å². The van der Waals surface area contributed by atoms with Crippen LogP contribution in [0.2, 0.25) is 0 Å². The first kappa shape index (κ1) is 17.4. The van der Waals surface area contributed by atoms with Gasteiger partial charge < -0.3 is 14.8 Å². The number of amides is 1. The van der Waals surface area contributed by atoms with E-state index in [1.165, 1.54) is 0 Å². The first-order valence-corrected chi connectivity index (χ1v) is 8.80. The van der Waals surface area contributed by atoms with Crippen molar-refractivity contribution in [2.75, 3.05) is 19.8 Å². The third-order valence-corrected chi connectivity index (χ3v) is 4.50. The fourth-order valence-corrected chi connectivity index (χ4v) is 3.24. The number of pyridine rings is 1. The fraction of sp³-hybridized carbons (Fsp3) is 0.400. The SMILES string of the molecule is CCOc1ccccc1C(=O)N[C@H](c1cccnc1)C1CCOCC1. The molecule has 0 saturated carbocycles. The van der Waals surface area contributed by atoms with E-state index in [0.29, 0.717) is 23.8 Å². The van der Waals surface area contributed by atoms with Crippen LogP contribution in [0.3, 0.4) is 0 Å². The first-order chi connectivity index (χ1) is 12.3. The number of aromatic nitrogens is 1. The van der Waals surface area contributed by atoms with E-state index in [9.17, 15) is 4.79 Å². The van der Waals surface area contributed by atoms with E-state index in [2.05, 4.69) is 10.3 Å². The second kappa shape index (κ2) is 8.62. The van der Waals surface area contributed by atoms with Gasteiger partial charge in [0.15, 0.2) is 0 Å². The zero-order valence-corrected chi connectivity index (χ0v) is 14.5. The molecule has 2 heterocycles. The van der Waals surface area contributed by atoms with Gasteiger partial charge in [-0.15, -0.1) is 0 Å². The van der Waals surface area contributed by atoms with Gasteiger partial charge in [0.1, 0.15) is 5.75 Å². The van der Waals surface area contributed by atoms with Crippen molar-refractivity contribution in [2.45, 2.75) is 25.8 Å². The molecule has 1 aliphatic heterocycles. The molecule has 1 saturated heterocycles. The highest BCUT2D eigenvalue weighted by Gasteiger charge is 2.28. The average Bonchev–Trinajstić information content (AvgIpc) is 2.68. The molecule has 1 aromatic carbocycles. The summed E-state index contributed by atoms with van der Waals surface area (Å²) < 4.78 is 11.1. The van der Waals surface area contributed by atoms with Gasteiger partial charge >= 0.3 is 0 Å². The molecule has 1 aromatic heterocycles. The van der Waals surface area contributed by atoms with Gasteiger partial charge in [-0.25, -0.2) is 0 Å². The van der Waals surface area contributed by atoms with Gasteiger partial charge in [-0.1, -0.05) is 18.2 Å². The number of carbonyl (C=O) groups is 1. The average molecular weight is 340 g/mol. The Kier molecular flexibility index (Phi) is 6.01. The van der Waals surface area contributed by atoms with Gasteiger partial charge in [0, 0.05) is 25.6 Å². The number of ether oxygens (including phenoxy) is 2. The van der Waals surface area contributed by atoms with Crippen LogP contribution in [0.25, 0.3) is 0 Å². The number of rotatable bonds is 6. The smallest absolute Gasteiger partial charge is 0.255 e. The van der Waals surface area contributed by atoms with Gasteiger partial charge in [-0.05, 0) is 49.4 Å². The number of nitrogens with zero attached hydrogens (tertiary/aromatic N) is 1. The molecule has 5 heteroatoms. The lowest BCUT2D eigenvalue weighted by atomic mass is 9.87. The monoisotopic (exact) mass is 340 g/mol. The van der Waals surface area contributed by atoms with Crippen molar-refractivity contribution in [2.24, 2.45) is 5.92 Å². The summed E-state index contributed by atoms with van der Waals surface area (Å²) in [4.78, 5) is 17.1. The van der Waals surface area contributed by atoms with Gasteiger partial charge in [0.05, 0.1) is 18.2 Å². The Morgan fingerprint density at radius 1 is 1.28 bits per heavy atom. The van der Waals surface area contributed by atoms with E-state index in [-0.39, 0.29) is 11.9 Å². The summed E-state index contributed by atoms with van der Waals surface area (Å²) in [6.07, 6.45) is 5.42. The lowest BCUT2D eigenvalue weighted by molar-refractivity contribution is 0.0513. The molecule has 1 aliphatic rings. The standard InChI is InChI=1S/C20H24N2O3/c1-2-25-18-8-4-3-7-17(18)20(23)22-19(15-9-12-24-13-10-15)16-6-5-11-21-14-16/h3-8,11,14-15,19H,2,9-10,12-13H2,1H3,(H,22,23)/t19-/m0/s1. The lowest BCUT2D eigenvalue weighted by Gasteiger charge is -2.31. The molecular formula is C20H24N2O3. The molecule has 3 rings (SSSR count). The zero-order valence-electron chi connectivity index (χ0n) is 14.5. The molecule has 1 atom stereocenters. The number of carbonyl (C=O) groups excluding carboxylic acids is 1. The Hall–Kier alpha value is -2.40. The first-order valence-electron chi connectivity index (χ1n) is 8.80. The summed E-state index contributed by atoms with van der Waals surface area (Å²) in [6.45, 7) is 3.89. The van der Waals surface area contributed by atoms with Crippen LogP contribution in [0, 0.1) is 5.92 Å². The molecule has 0 unspecified atom stereocenters. The number of hydrogen-bond acceptors (Lipinski definition) is 4. The van der Waals surface area contributed by atoms with Gasteiger partial charge in [-0.3, -0.25) is 9.78 Å². The molecule has 5 nitrogen and oxygen atoms in total. The Bertz CT molecular complexity index is 684. The molecule has 25 heavy (non-hydrogen) atoms. The van der Waals surface area contributed by atoms with Crippen molar-refractivity contribution < 1.29 is 14.3 Å². The highest BCUT2D eigenvalue weighted by molar-refractivity contribution is 5.97. The van der Waals surface area contributed by atoms with E-state index >= 15 is 0 Å². The Morgan fingerprint density at radius 2 is 2.08 bits per heavy atom. The number of para-hydroxylation sites is 1. The van der Waals surface area contributed by atoms with Gasteiger partial charge in [0.2, 0.25) is 0 Å². The summed E-state index contributed by atoms with van der Waals surface area (Å²) in [5.41, 5.74) is 1.59. The van der Waals surface area contributed by atoms with Crippen molar-refractivity contribution in [3.05, 3.63) is 59.9 Å². The third kappa shape index (κ3) is 4.37. The molecule has 0 bridgehead atoms. The second-order valence-electron chi connectivity index (χ2n) is 6.12. The topological polar surface area (TPSA) is 60.5 Å². The van der Waals surface area contributed by atoms with Crippen molar-refractivity contribution in [3.8, 4) is 5.75 Å². The fourth-order valence-electron chi connectivity index (χ4n) is 3.24. The minimum absolute atomic E-state index is 0.0835. The molecule has 2 aromatic rings. The minimum atomic E-state index is -0.121. The van der Waals surface area contributed by atoms with Gasteiger partial charge in [-0.2, -0.15) is 0 Å². The Morgan fingerprint density at radius 3 is 2.80 bits per heavy atom. The highest BCUT2D eigenvalue weighted by atomic mass is 16.5. The zero-order chi connectivity index (χ0) is 17.5. The van der Waals surface area contributed by atoms with Crippen molar-refractivity contribution >= 4 is 5.91 Å². The maximum absolute atomic E-state index is 12.9. The summed E-state index contributed by atoms with van der Waals surface area (Å²) >= 11 is 0. The normalized spacial score (nSPS) is 16.2. The van der Waals surface area contributed by atoms with Crippen molar-refractivity contribution in [1.29, 1.82) is 0 Å². The van der Waals surface area contributed by atoms with E-state index in [1.807, 2.05) is 43.5 Å².